The van der Waals surface area contributed by atoms with Gasteiger partial charge in [0.2, 0.25) is 5.91 Å². The number of likely N-dealkylation sites (tertiary alicyclic amines) is 1. The van der Waals surface area contributed by atoms with Crippen LogP contribution in [0.15, 0.2) is 52.8 Å². The number of ether oxygens (including phenoxy) is 1. The molecule has 3 unspecified atom stereocenters. The average Bonchev–Trinajstić information content (AvgIpc) is 3.35. The molecule has 1 aromatic heterocycles. The summed E-state index contributed by atoms with van der Waals surface area (Å²) in [4.78, 5) is 17.7. The number of fused-ring (bicyclic) bond motifs is 1. The lowest BCUT2D eigenvalue weighted by Gasteiger charge is -2.89. The van der Waals surface area contributed by atoms with E-state index in [2.05, 4.69) is 11.0 Å². The van der Waals surface area contributed by atoms with Crippen molar-refractivity contribution in [3.8, 4) is 0 Å². The Morgan fingerprint density at radius 1 is 1.38 bits per heavy atom. The number of likely N-dealkylation sites (N-methyl/N-ethyl adjacent to an activating group) is 1. The molecule has 34 heavy (non-hydrogen) atoms. The van der Waals surface area contributed by atoms with Gasteiger partial charge in [-0.1, -0.05) is 6.08 Å². The molecule has 2 bridgehead atoms. The Balaban J connectivity index is 1.20. The molecule has 3 heterocycles. The van der Waals surface area contributed by atoms with Crippen molar-refractivity contribution in [2.45, 2.75) is 61.4 Å². The molecule has 2 aliphatic heterocycles. The number of piperidine rings is 1. The Kier molecular flexibility index (Phi) is 3.49. The van der Waals surface area contributed by atoms with Crippen LogP contribution in [0.4, 0.5) is 0 Å². The summed E-state index contributed by atoms with van der Waals surface area (Å²) in [6, 6.07) is 1.79. The van der Waals surface area contributed by atoms with E-state index in [0.29, 0.717) is 12.2 Å². The third-order valence-corrected chi connectivity index (χ3v) is 10.5. The second kappa shape index (κ2) is 6.00. The highest BCUT2D eigenvalue weighted by atomic mass is 16.5. The van der Waals surface area contributed by atoms with Crippen LogP contribution in [0.2, 0.25) is 0 Å². The molecule has 0 radical (unpaired) electrons. The van der Waals surface area contributed by atoms with Crippen molar-refractivity contribution < 1.29 is 24.2 Å². The maximum atomic E-state index is 13.3. The van der Waals surface area contributed by atoms with Crippen LogP contribution in [0.3, 0.4) is 0 Å². The number of nitrogens with zero attached hydrogens (tertiary/aromatic N) is 2. The van der Waals surface area contributed by atoms with E-state index in [-0.39, 0.29) is 47.2 Å². The Morgan fingerprint density at radius 2 is 2.24 bits per heavy atom. The summed E-state index contributed by atoms with van der Waals surface area (Å²) in [5.41, 5.74) is -0.691. The molecule has 6 aliphatic carbocycles. The molecule has 8 aliphatic rings. The molecule has 0 aromatic carbocycles. The van der Waals surface area contributed by atoms with Crippen LogP contribution in [0.25, 0.3) is 6.08 Å². The minimum atomic E-state index is -0.805. The zero-order valence-corrected chi connectivity index (χ0v) is 19.3. The Bertz CT molecular complexity index is 1180. The first-order valence-corrected chi connectivity index (χ1v) is 12.6. The molecular formula is C27H30N2O5. The van der Waals surface area contributed by atoms with Gasteiger partial charge < -0.3 is 24.3 Å². The highest BCUT2D eigenvalue weighted by Gasteiger charge is 2.96. The molecule has 2 saturated heterocycles. The smallest absolute Gasteiger partial charge is 0.246 e. The normalized spacial score (nSPS) is 47.2. The summed E-state index contributed by atoms with van der Waals surface area (Å²) in [6.45, 7) is 1.05. The lowest BCUT2D eigenvalue weighted by Crippen LogP contribution is -3.03. The van der Waals surface area contributed by atoms with Crippen LogP contribution in [0.5, 0.6) is 0 Å². The van der Waals surface area contributed by atoms with Crippen LogP contribution >= 0.6 is 0 Å². The van der Waals surface area contributed by atoms with Gasteiger partial charge in [-0.3, -0.25) is 9.69 Å². The summed E-state index contributed by atoms with van der Waals surface area (Å²) in [7, 11) is 1.85. The minimum absolute atomic E-state index is 0.00674. The topological polar surface area (TPSA) is 86.4 Å². The highest BCUT2D eigenvalue weighted by Crippen LogP contribution is 2.84. The molecule has 7 nitrogen and oxygen atoms in total. The van der Waals surface area contributed by atoms with Crippen molar-refractivity contribution in [3.05, 3.63) is 53.9 Å². The van der Waals surface area contributed by atoms with E-state index in [1.807, 2.05) is 13.1 Å². The Morgan fingerprint density at radius 3 is 3.00 bits per heavy atom. The van der Waals surface area contributed by atoms with Crippen molar-refractivity contribution in [2.24, 2.45) is 23.2 Å². The molecule has 178 valence electrons. The van der Waals surface area contributed by atoms with Crippen LogP contribution in [0.1, 0.15) is 37.7 Å². The van der Waals surface area contributed by atoms with Crippen LogP contribution in [-0.2, 0) is 9.53 Å². The zero-order valence-electron chi connectivity index (χ0n) is 19.3. The van der Waals surface area contributed by atoms with Gasteiger partial charge in [-0.25, -0.2) is 0 Å². The number of rotatable bonds is 5. The second-order valence-corrected chi connectivity index (χ2v) is 11.8. The first kappa shape index (κ1) is 19.8. The van der Waals surface area contributed by atoms with E-state index in [9.17, 15) is 15.0 Å². The molecule has 2 spiro atoms. The number of carbonyl (C=O) groups is 1. The summed E-state index contributed by atoms with van der Waals surface area (Å²) in [5.74, 6) is 1.72. The van der Waals surface area contributed by atoms with Gasteiger partial charge in [0.15, 0.2) is 5.76 Å². The number of amides is 1. The van der Waals surface area contributed by atoms with E-state index in [1.54, 1.807) is 35.7 Å². The third kappa shape index (κ3) is 1.96. The first-order valence-electron chi connectivity index (χ1n) is 12.6. The summed E-state index contributed by atoms with van der Waals surface area (Å²) in [6.07, 6.45) is 15.2. The van der Waals surface area contributed by atoms with Gasteiger partial charge >= 0.3 is 0 Å². The Hall–Kier alpha value is -2.51. The number of allylic oxidation sites excluding steroid dienone is 3. The van der Waals surface area contributed by atoms with Crippen molar-refractivity contribution in [2.75, 3.05) is 13.6 Å². The van der Waals surface area contributed by atoms with Gasteiger partial charge in [0, 0.05) is 37.2 Å². The van der Waals surface area contributed by atoms with Crippen LogP contribution in [0, 0.1) is 23.2 Å². The molecule has 1 amide bonds. The van der Waals surface area contributed by atoms with Crippen molar-refractivity contribution in [1.29, 1.82) is 0 Å². The van der Waals surface area contributed by atoms with Crippen LogP contribution < -0.4 is 0 Å². The maximum absolute atomic E-state index is 13.3. The van der Waals surface area contributed by atoms with Crippen molar-refractivity contribution >= 4 is 12.0 Å². The maximum Gasteiger partial charge on any atom is 0.246 e. The number of aliphatic hydroxyl groups is 2. The number of aliphatic hydroxyl groups excluding tert-OH is 1. The van der Waals surface area contributed by atoms with Gasteiger partial charge in [-0.2, -0.15) is 0 Å². The molecule has 1 aromatic rings. The summed E-state index contributed by atoms with van der Waals surface area (Å²) >= 11 is 0. The number of hydrogen-bond acceptors (Lipinski definition) is 6. The predicted molar refractivity (Wildman–Crippen MR) is 122 cm³/mol. The van der Waals surface area contributed by atoms with E-state index < -0.39 is 11.0 Å². The van der Waals surface area contributed by atoms with Gasteiger partial charge in [-0.15, -0.1) is 0 Å². The standard InChI is InChI=1S/C27H30N2O5/c1-28(21(31)7-4-16-8-9-33-13-16)18-11-25-14-26-22-17(5-6-19(30)23(22)34-24(18)26)10-20(27(25,26)32)29(25)12-15-2-3-15/h4-9,13,15,17-18,20,22,24,30,32H,2-3,10-12,14H2,1H3/b7-4+/t17?,18-,20-,22?,24+,25?,26+,27+/m1/s1. The molecule has 9 rings (SSSR count). The molecular weight excluding hydrogens is 432 g/mol. The van der Waals surface area contributed by atoms with E-state index in [4.69, 9.17) is 9.15 Å². The van der Waals surface area contributed by atoms with Crippen LogP contribution in [-0.4, -0.2) is 68.8 Å². The molecule has 7 heteroatoms. The van der Waals surface area contributed by atoms with E-state index in [1.165, 1.54) is 12.8 Å². The number of furan rings is 1. The Labute approximate surface area is 198 Å². The fourth-order valence-electron chi connectivity index (χ4n) is 9.10. The second-order valence-electron chi connectivity index (χ2n) is 11.8. The minimum Gasteiger partial charge on any atom is -0.504 e. The van der Waals surface area contributed by atoms with E-state index >= 15 is 0 Å². The largest absolute Gasteiger partial charge is 0.504 e. The fraction of sp³-hybridized carbons (Fsp3) is 0.593. The highest BCUT2D eigenvalue weighted by molar-refractivity contribution is 5.92. The van der Waals surface area contributed by atoms with E-state index in [0.717, 1.165) is 30.9 Å². The zero-order chi connectivity index (χ0) is 23.0. The van der Waals surface area contributed by atoms with Gasteiger partial charge in [0.1, 0.15) is 17.5 Å². The molecule has 2 N–H and O–H groups in total. The monoisotopic (exact) mass is 462 g/mol. The van der Waals surface area contributed by atoms with Crippen molar-refractivity contribution in [1.82, 2.24) is 9.80 Å². The SMILES string of the molecule is CN(C(=O)/C=C/c1ccoc1)[C@@H]1CC23C[C@@]45C6C(=C(O)C=CC6C[C@@H](N2CC2CC2)[C@]34O)O[C@@H]15. The molecule has 8 atom stereocenters. The third-order valence-electron chi connectivity index (χ3n) is 10.5. The number of hydrogen-bond donors (Lipinski definition) is 2. The first-order chi connectivity index (χ1) is 16.4. The predicted octanol–water partition coefficient (Wildman–Crippen LogP) is 2.85. The number of carbonyl (C=O) groups excluding carboxylic acids is 1. The van der Waals surface area contributed by atoms with Gasteiger partial charge in [0.25, 0.3) is 0 Å². The summed E-state index contributed by atoms with van der Waals surface area (Å²) in [5, 5.41) is 23.1. The molecule has 7 fully saturated rings. The molecule has 5 saturated carbocycles. The summed E-state index contributed by atoms with van der Waals surface area (Å²) < 4.78 is 11.7. The van der Waals surface area contributed by atoms with Gasteiger partial charge in [-0.05, 0) is 62.2 Å². The quantitative estimate of drug-likeness (QED) is 0.655. The average molecular weight is 463 g/mol. The fourth-order valence-corrected chi connectivity index (χ4v) is 9.10. The lowest BCUT2D eigenvalue weighted by atomic mass is 9.26. The van der Waals surface area contributed by atoms with Crippen molar-refractivity contribution in [3.63, 3.8) is 0 Å². The lowest BCUT2D eigenvalue weighted by molar-refractivity contribution is -0.448. The van der Waals surface area contributed by atoms with Gasteiger partial charge in [0.05, 0.1) is 29.5 Å².